The Hall–Kier alpha value is -1.25. The maximum absolute atomic E-state index is 11.8. The molecule has 3 heteroatoms. The van der Waals surface area contributed by atoms with Crippen LogP contribution in [0.15, 0.2) is 12.4 Å². The molecule has 0 aromatic carbocycles. The third kappa shape index (κ3) is 1.81. The lowest BCUT2D eigenvalue weighted by Gasteiger charge is -2.05. The first-order chi connectivity index (χ1) is 6.77. The number of rotatable bonds is 2. The van der Waals surface area contributed by atoms with Crippen LogP contribution in [0.4, 0.5) is 0 Å². The van der Waals surface area contributed by atoms with Gasteiger partial charge in [0.25, 0.3) is 0 Å². The summed E-state index contributed by atoms with van der Waals surface area (Å²) in [5, 5.41) is 0. The molecule has 0 unspecified atom stereocenters. The van der Waals surface area contributed by atoms with Gasteiger partial charge in [-0.05, 0) is 25.3 Å². The summed E-state index contributed by atoms with van der Waals surface area (Å²) < 4.78 is 0. The first kappa shape index (κ1) is 9.31. The molecular weight excluding hydrogens is 176 g/mol. The zero-order valence-electron chi connectivity index (χ0n) is 8.36. The predicted octanol–water partition coefficient (Wildman–Crippen LogP) is 2.16. The van der Waals surface area contributed by atoms with Crippen molar-refractivity contribution in [1.82, 2.24) is 9.97 Å². The molecule has 2 rings (SSSR count). The van der Waals surface area contributed by atoms with E-state index >= 15 is 0 Å². The van der Waals surface area contributed by atoms with E-state index in [1.807, 2.05) is 6.92 Å². The second-order valence-corrected chi connectivity index (χ2v) is 3.93. The Morgan fingerprint density at radius 1 is 1.29 bits per heavy atom. The van der Waals surface area contributed by atoms with Crippen LogP contribution in [0.25, 0.3) is 0 Å². The second-order valence-electron chi connectivity index (χ2n) is 3.93. The topological polar surface area (TPSA) is 42.9 Å². The molecule has 0 atom stereocenters. The standard InChI is InChI=1S/C11H14N2O/c1-8-6-12-11(13-7-8)10(14)9-4-2-3-5-9/h6-7,9H,2-5H2,1H3. The number of aryl methyl sites for hydroxylation is 1. The van der Waals surface area contributed by atoms with Crippen LogP contribution in [0.1, 0.15) is 41.9 Å². The lowest BCUT2D eigenvalue weighted by molar-refractivity contribution is 0.0912. The number of hydrogen-bond acceptors (Lipinski definition) is 3. The molecule has 0 bridgehead atoms. The van der Waals surface area contributed by atoms with E-state index in [-0.39, 0.29) is 11.7 Å². The van der Waals surface area contributed by atoms with Crippen LogP contribution in [-0.2, 0) is 0 Å². The largest absolute Gasteiger partial charge is 0.290 e. The Kier molecular flexibility index (Phi) is 2.57. The van der Waals surface area contributed by atoms with Gasteiger partial charge in [0.2, 0.25) is 5.78 Å². The van der Waals surface area contributed by atoms with Crippen molar-refractivity contribution in [2.75, 3.05) is 0 Å². The Morgan fingerprint density at radius 2 is 1.86 bits per heavy atom. The fraction of sp³-hybridized carbons (Fsp3) is 0.545. The molecule has 0 saturated heterocycles. The van der Waals surface area contributed by atoms with Gasteiger partial charge in [0, 0.05) is 18.3 Å². The number of aromatic nitrogens is 2. The van der Waals surface area contributed by atoms with Gasteiger partial charge in [-0.3, -0.25) is 4.79 Å². The lowest BCUT2D eigenvalue weighted by atomic mass is 10.0. The molecule has 0 N–H and O–H groups in total. The van der Waals surface area contributed by atoms with Gasteiger partial charge in [0.05, 0.1) is 0 Å². The zero-order chi connectivity index (χ0) is 9.97. The minimum absolute atomic E-state index is 0.127. The maximum Gasteiger partial charge on any atom is 0.203 e. The molecular formula is C11H14N2O. The first-order valence-electron chi connectivity index (χ1n) is 5.10. The molecule has 0 radical (unpaired) electrons. The normalized spacial score (nSPS) is 17.2. The van der Waals surface area contributed by atoms with Gasteiger partial charge in [0.15, 0.2) is 5.82 Å². The summed E-state index contributed by atoms with van der Waals surface area (Å²) in [5.74, 6) is 0.697. The third-order valence-electron chi connectivity index (χ3n) is 2.73. The van der Waals surface area contributed by atoms with Crippen molar-refractivity contribution in [2.45, 2.75) is 32.6 Å². The summed E-state index contributed by atoms with van der Waals surface area (Å²) in [6.45, 7) is 1.92. The van der Waals surface area contributed by atoms with E-state index in [1.165, 1.54) is 12.8 Å². The molecule has 1 aliphatic rings. The average Bonchev–Trinajstić information content (AvgIpc) is 2.71. The Balaban J connectivity index is 2.14. The highest BCUT2D eigenvalue weighted by Gasteiger charge is 2.25. The summed E-state index contributed by atoms with van der Waals surface area (Å²) in [6, 6.07) is 0. The minimum atomic E-state index is 0.127. The number of ketones is 1. The van der Waals surface area contributed by atoms with Crippen molar-refractivity contribution < 1.29 is 4.79 Å². The van der Waals surface area contributed by atoms with E-state index in [9.17, 15) is 4.79 Å². The van der Waals surface area contributed by atoms with Crippen molar-refractivity contribution in [3.8, 4) is 0 Å². The van der Waals surface area contributed by atoms with Crippen molar-refractivity contribution in [2.24, 2.45) is 5.92 Å². The van der Waals surface area contributed by atoms with Gasteiger partial charge in [0.1, 0.15) is 0 Å². The molecule has 1 saturated carbocycles. The van der Waals surface area contributed by atoms with Crippen LogP contribution < -0.4 is 0 Å². The average molecular weight is 190 g/mol. The lowest BCUT2D eigenvalue weighted by Crippen LogP contribution is -2.14. The summed E-state index contributed by atoms with van der Waals surface area (Å²) >= 11 is 0. The molecule has 14 heavy (non-hydrogen) atoms. The van der Waals surface area contributed by atoms with E-state index in [0.717, 1.165) is 18.4 Å². The molecule has 1 heterocycles. The quantitative estimate of drug-likeness (QED) is 0.671. The maximum atomic E-state index is 11.8. The molecule has 1 aromatic heterocycles. The van der Waals surface area contributed by atoms with Crippen molar-refractivity contribution in [3.05, 3.63) is 23.8 Å². The van der Waals surface area contributed by atoms with Crippen molar-refractivity contribution >= 4 is 5.78 Å². The summed E-state index contributed by atoms with van der Waals surface area (Å²) in [4.78, 5) is 20.0. The van der Waals surface area contributed by atoms with E-state index < -0.39 is 0 Å². The van der Waals surface area contributed by atoms with Crippen LogP contribution in [0.2, 0.25) is 0 Å². The molecule has 74 valence electrons. The highest BCUT2D eigenvalue weighted by atomic mass is 16.1. The van der Waals surface area contributed by atoms with E-state index in [4.69, 9.17) is 0 Å². The van der Waals surface area contributed by atoms with Crippen LogP contribution >= 0.6 is 0 Å². The molecule has 0 aliphatic heterocycles. The van der Waals surface area contributed by atoms with Gasteiger partial charge < -0.3 is 0 Å². The van der Waals surface area contributed by atoms with E-state index in [0.29, 0.717) is 5.82 Å². The minimum Gasteiger partial charge on any atom is -0.290 e. The highest BCUT2D eigenvalue weighted by molar-refractivity contribution is 5.94. The number of nitrogens with zero attached hydrogens (tertiary/aromatic N) is 2. The molecule has 1 aromatic rings. The summed E-state index contributed by atoms with van der Waals surface area (Å²) in [6.07, 6.45) is 7.76. The highest BCUT2D eigenvalue weighted by Crippen LogP contribution is 2.26. The fourth-order valence-corrected chi connectivity index (χ4v) is 1.89. The van der Waals surface area contributed by atoms with Gasteiger partial charge >= 0.3 is 0 Å². The first-order valence-corrected chi connectivity index (χ1v) is 5.10. The number of Topliss-reactive ketones (excluding diaryl/α,β-unsaturated/α-hetero) is 1. The Labute approximate surface area is 83.6 Å². The smallest absolute Gasteiger partial charge is 0.203 e. The molecule has 1 aliphatic carbocycles. The summed E-state index contributed by atoms with van der Waals surface area (Å²) in [5.41, 5.74) is 0.993. The zero-order valence-corrected chi connectivity index (χ0v) is 8.36. The van der Waals surface area contributed by atoms with E-state index in [1.54, 1.807) is 12.4 Å². The molecule has 0 amide bonds. The SMILES string of the molecule is Cc1cnc(C(=O)C2CCCC2)nc1. The molecule has 0 spiro atoms. The van der Waals surface area contributed by atoms with Crippen LogP contribution in [0, 0.1) is 12.8 Å². The number of hydrogen-bond donors (Lipinski definition) is 0. The van der Waals surface area contributed by atoms with Crippen molar-refractivity contribution in [1.29, 1.82) is 0 Å². The van der Waals surface area contributed by atoms with Crippen molar-refractivity contribution in [3.63, 3.8) is 0 Å². The monoisotopic (exact) mass is 190 g/mol. The predicted molar refractivity (Wildman–Crippen MR) is 53.1 cm³/mol. The number of carbonyl (C=O) groups excluding carboxylic acids is 1. The Bertz CT molecular complexity index is 326. The molecule has 3 nitrogen and oxygen atoms in total. The summed E-state index contributed by atoms with van der Waals surface area (Å²) in [7, 11) is 0. The van der Waals surface area contributed by atoms with Crippen LogP contribution in [0.5, 0.6) is 0 Å². The van der Waals surface area contributed by atoms with Gasteiger partial charge in [-0.1, -0.05) is 12.8 Å². The second kappa shape index (κ2) is 3.86. The van der Waals surface area contributed by atoms with Crippen LogP contribution in [-0.4, -0.2) is 15.8 Å². The molecule has 1 fully saturated rings. The van der Waals surface area contributed by atoms with Gasteiger partial charge in [-0.15, -0.1) is 0 Å². The Morgan fingerprint density at radius 3 is 2.43 bits per heavy atom. The fourth-order valence-electron chi connectivity index (χ4n) is 1.89. The van der Waals surface area contributed by atoms with Crippen LogP contribution in [0.3, 0.4) is 0 Å². The van der Waals surface area contributed by atoms with Gasteiger partial charge in [-0.25, -0.2) is 9.97 Å². The van der Waals surface area contributed by atoms with Gasteiger partial charge in [-0.2, -0.15) is 0 Å². The number of carbonyl (C=O) groups is 1. The van der Waals surface area contributed by atoms with E-state index in [2.05, 4.69) is 9.97 Å². The third-order valence-corrected chi connectivity index (χ3v) is 2.73.